The molecule has 0 unspecified atom stereocenters. The van der Waals surface area contributed by atoms with Crippen molar-refractivity contribution in [2.75, 3.05) is 13.7 Å². The Kier molecular flexibility index (Phi) is 4.59. The molecule has 1 N–H and O–H groups in total. The van der Waals surface area contributed by atoms with E-state index in [4.69, 9.17) is 4.74 Å². The summed E-state index contributed by atoms with van der Waals surface area (Å²) in [6.07, 6.45) is 1.78. The Balaban J connectivity index is 1.70. The summed E-state index contributed by atoms with van der Waals surface area (Å²) in [6.45, 7) is -0.141. The molecule has 27 heavy (non-hydrogen) atoms. The molecule has 1 amide bonds. The highest BCUT2D eigenvalue weighted by molar-refractivity contribution is 5.84. The largest absolute Gasteiger partial charge is 0.497 e. The fraction of sp³-hybridized carbons (Fsp3) is 0.364. The average Bonchev–Trinajstić information content (AvgIpc) is 3.54. The van der Waals surface area contributed by atoms with Crippen LogP contribution in [0.2, 0.25) is 0 Å². The lowest BCUT2D eigenvalue weighted by Crippen LogP contribution is -2.65. The van der Waals surface area contributed by atoms with E-state index in [9.17, 15) is 15.2 Å². The van der Waals surface area contributed by atoms with Crippen LogP contribution in [0.3, 0.4) is 0 Å². The van der Waals surface area contributed by atoms with Crippen LogP contribution in [-0.2, 0) is 4.79 Å². The summed E-state index contributed by atoms with van der Waals surface area (Å²) in [5.74, 6) is 0.636. The first-order chi connectivity index (χ1) is 13.2. The first-order valence-electron chi connectivity index (χ1n) is 9.25. The van der Waals surface area contributed by atoms with Crippen molar-refractivity contribution in [3.8, 4) is 22.9 Å². The molecule has 2 aliphatic rings. The molecule has 4 rings (SSSR count). The van der Waals surface area contributed by atoms with E-state index < -0.39 is 6.04 Å². The molecule has 3 atom stereocenters. The molecular weight excluding hydrogens is 340 g/mol. The number of carbonyl (C=O) groups is 1. The molecule has 1 aliphatic carbocycles. The topological polar surface area (TPSA) is 73.6 Å². The van der Waals surface area contributed by atoms with E-state index >= 15 is 0 Å². The highest BCUT2D eigenvalue weighted by atomic mass is 16.5. The molecule has 1 saturated heterocycles. The molecule has 1 saturated carbocycles. The lowest BCUT2D eigenvalue weighted by Gasteiger charge is -2.52. The van der Waals surface area contributed by atoms with Gasteiger partial charge in [0.1, 0.15) is 11.8 Å². The van der Waals surface area contributed by atoms with E-state index in [0.29, 0.717) is 0 Å². The third-order valence-electron chi connectivity index (χ3n) is 5.63. The smallest absolute Gasteiger partial charge is 0.227 e. The highest BCUT2D eigenvalue weighted by Crippen LogP contribution is 2.46. The standard InChI is InChI=1S/C22H22N2O3/c1-27-16-10-8-14(9-11-16)17-4-2-3-5-18(17)21-19(12-23)24(20(21)13-25)22(26)15-6-7-15/h2-5,8-11,15,19-21,25H,6-7,13H2,1H3/t19-,20+,21-/m1/s1. The fourth-order valence-electron chi connectivity index (χ4n) is 4.05. The van der Waals surface area contributed by atoms with Gasteiger partial charge in [-0.2, -0.15) is 5.26 Å². The second-order valence-electron chi connectivity index (χ2n) is 7.19. The molecule has 1 heterocycles. The van der Waals surface area contributed by atoms with Gasteiger partial charge in [0.15, 0.2) is 0 Å². The Morgan fingerprint density at radius 1 is 1.22 bits per heavy atom. The maximum atomic E-state index is 12.6. The number of amides is 1. The van der Waals surface area contributed by atoms with Gasteiger partial charge in [-0.3, -0.25) is 4.79 Å². The number of hydrogen-bond donors (Lipinski definition) is 1. The number of nitrogens with zero attached hydrogens (tertiary/aromatic N) is 2. The first-order valence-corrected chi connectivity index (χ1v) is 9.25. The van der Waals surface area contributed by atoms with E-state index in [2.05, 4.69) is 6.07 Å². The summed E-state index contributed by atoms with van der Waals surface area (Å²) in [6, 6.07) is 17.1. The minimum atomic E-state index is -0.533. The number of benzene rings is 2. The number of aliphatic hydroxyl groups excluding tert-OH is 1. The predicted molar refractivity (Wildman–Crippen MR) is 101 cm³/mol. The van der Waals surface area contributed by atoms with Crippen LogP contribution in [0.4, 0.5) is 0 Å². The van der Waals surface area contributed by atoms with Gasteiger partial charge < -0.3 is 14.7 Å². The van der Waals surface area contributed by atoms with Gasteiger partial charge in [0.05, 0.1) is 25.8 Å². The Labute approximate surface area is 158 Å². The SMILES string of the molecule is COc1ccc(-c2ccccc2[C@@H]2[C@@H](C#N)N(C(=O)C3CC3)[C@H]2CO)cc1. The van der Waals surface area contributed by atoms with E-state index in [1.807, 2.05) is 48.5 Å². The van der Waals surface area contributed by atoms with Gasteiger partial charge in [-0.25, -0.2) is 0 Å². The molecule has 0 radical (unpaired) electrons. The van der Waals surface area contributed by atoms with Crippen molar-refractivity contribution in [1.82, 2.24) is 4.90 Å². The summed E-state index contributed by atoms with van der Waals surface area (Å²) >= 11 is 0. The van der Waals surface area contributed by atoms with E-state index in [-0.39, 0.29) is 30.4 Å². The number of nitriles is 1. The van der Waals surface area contributed by atoms with E-state index in [0.717, 1.165) is 35.3 Å². The van der Waals surface area contributed by atoms with Crippen LogP contribution in [-0.4, -0.2) is 41.7 Å². The fourth-order valence-corrected chi connectivity index (χ4v) is 4.05. The van der Waals surface area contributed by atoms with Crippen molar-refractivity contribution in [3.63, 3.8) is 0 Å². The maximum Gasteiger partial charge on any atom is 0.227 e. The predicted octanol–water partition coefficient (Wildman–Crippen LogP) is 2.95. The molecule has 2 aromatic carbocycles. The third kappa shape index (κ3) is 2.96. The van der Waals surface area contributed by atoms with Crippen molar-refractivity contribution in [2.24, 2.45) is 5.92 Å². The quantitative estimate of drug-likeness (QED) is 0.887. The molecule has 0 aromatic heterocycles. The van der Waals surface area contributed by atoms with Crippen molar-refractivity contribution in [1.29, 1.82) is 5.26 Å². The van der Waals surface area contributed by atoms with Gasteiger partial charge in [0.25, 0.3) is 0 Å². The number of hydrogen-bond acceptors (Lipinski definition) is 4. The summed E-state index contributed by atoms with van der Waals surface area (Å²) in [4.78, 5) is 14.2. The Morgan fingerprint density at radius 2 is 1.93 bits per heavy atom. The van der Waals surface area contributed by atoms with Gasteiger partial charge in [-0.05, 0) is 41.7 Å². The van der Waals surface area contributed by atoms with Crippen LogP contribution in [0.15, 0.2) is 48.5 Å². The number of aliphatic hydroxyl groups is 1. The molecular formula is C22H22N2O3. The minimum absolute atomic E-state index is 0.0128. The summed E-state index contributed by atoms with van der Waals surface area (Å²) < 4.78 is 5.23. The zero-order chi connectivity index (χ0) is 19.0. The minimum Gasteiger partial charge on any atom is -0.497 e. The van der Waals surface area contributed by atoms with Crippen LogP contribution >= 0.6 is 0 Å². The zero-order valence-corrected chi connectivity index (χ0v) is 15.2. The summed E-state index contributed by atoms with van der Waals surface area (Å²) in [5, 5.41) is 19.7. The van der Waals surface area contributed by atoms with Crippen molar-refractivity contribution < 1.29 is 14.6 Å². The molecule has 1 aliphatic heterocycles. The third-order valence-corrected chi connectivity index (χ3v) is 5.63. The Bertz CT molecular complexity index is 883. The normalized spacial score (nSPS) is 24.0. The van der Waals surface area contributed by atoms with Gasteiger partial charge >= 0.3 is 0 Å². The monoisotopic (exact) mass is 362 g/mol. The molecule has 2 aromatic rings. The van der Waals surface area contributed by atoms with Gasteiger partial charge in [-0.1, -0.05) is 36.4 Å². The Morgan fingerprint density at radius 3 is 2.52 bits per heavy atom. The zero-order valence-electron chi connectivity index (χ0n) is 15.2. The van der Waals surface area contributed by atoms with Crippen molar-refractivity contribution in [3.05, 3.63) is 54.1 Å². The van der Waals surface area contributed by atoms with E-state index in [1.165, 1.54) is 0 Å². The number of ether oxygens (including phenoxy) is 1. The molecule has 138 valence electrons. The van der Waals surface area contributed by atoms with Crippen LogP contribution < -0.4 is 4.74 Å². The molecule has 0 spiro atoms. The molecule has 0 bridgehead atoms. The lowest BCUT2D eigenvalue weighted by atomic mass is 9.73. The van der Waals surface area contributed by atoms with Crippen molar-refractivity contribution >= 4 is 5.91 Å². The van der Waals surface area contributed by atoms with Crippen LogP contribution in [0.1, 0.15) is 24.3 Å². The molecule has 5 nitrogen and oxygen atoms in total. The van der Waals surface area contributed by atoms with Gasteiger partial charge in [0.2, 0.25) is 5.91 Å². The second kappa shape index (κ2) is 7.05. The highest BCUT2D eigenvalue weighted by Gasteiger charge is 2.54. The van der Waals surface area contributed by atoms with Gasteiger partial charge in [-0.15, -0.1) is 0 Å². The summed E-state index contributed by atoms with van der Waals surface area (Å²) in [7, 11) is 1.63. The summed E-state index contributed by atoms with van der Waals surface area (Å²) in [5.41, 5.74) is 3.03. The van der Waals surface area contributed by atoms with Crippen LogP contribution in [0.5, 0.6) is 5.75 Å². The number of methoxy groups -OCH3 is 1. The number of carbonyl (C=O) groups excluding carboxylic acids is 1. The van der Waals surface area contributed by atoms with Crippen LogP contribution in [0, 0.1) is 17.2 Å². The van der Waals surface area contributed by atoms with Crippen LogP contribution in [0.25, 0.3) is 11.1 Å². The maximum absolute atomic E-state index is 12.6. The lowest BCUT2D eigenvalue weighted by molar-refractivity contribution is -0.148. The second-order valence-corrected chi connectivity index (χ2v) is 7.19. The van der Waals surface area contributed by atoms with Crippen molar-refractivity contribution in [2.45, 2.75) is 30.8 Å². The number of likely N-dealkylation sites (tertiary alicyclic amines) is 1. The van der Waals surface area contributed by atoms with E-state index in [1.54, 1.807) is 12.0 Å². The first kappa shape index (κ1) is 17.6. The average molecular weight is 362 g/mol. The molecule has 2 fully saturated rings. The Hall–Kier alpha value is -2.84. The molecule has 5 heteroatoms. The number of rotatable bonds is 5. The van der Waals surface area contributed by atoms with Gasteiger partial charge in [0, 0.05) is 11.8 Å².